The van der Waals surface area contributed by atoms with Crippen molar-refractivity contribution in [1.29, 1.82) is 0 Å². The smallest absolute Gasteiger partial charge is 0.302 e. The minimum atomic E-state index is -1.35. The molecule has 2 heterocycles. The molecular formula is C30H29NO8S. The molecule has 9 nitrogen and oxygen atoms in total. The second kappa shape index (κ2) is 12.2. The van der Waals surface area contributed by atoms with Gasteiger partial charge in [-0.2, -0.15) is 0 Å². The monoisotopic (exact) mass is 563 g/mol. The Morgan fingerprint density at radius 1 is 0.950 bits per heavy atom. The van der Waals surface area contributed by atoms with Gasteiger partial charge in [0.2, 0.25) is 0 Å². The number of hydrogen-bond donors (Lipinski definition) is 1. The molecule has 208 valence electrons. The van der Waals surface area contributed by atoms with Gasteiger partial charge in [-0.25, -0.2) is 0 Å². The van der Waals surface area contributed by atoms with Gasteiger partial charge in [0.15, 0.2) is 0 Å². The van der Waals surface area contributed by atoms with Crippen molar-refractivity contribution in [2.75, 3.05) is 13.7 Å². The number of thioether (sulfide) groups is 1. The number of nitrogens with zero attached hydrogens (tertiary/aromatic N) is 1. The first-order valence-electron chi connectivity index (χ1n) is 12.8. The first-order chi connectivity index (χ1) is 19.4. The number of hydrogen-bond acceptors (Lipinski definition) is 9. The fourth-order valence-electron chi connectivity index (χ4n) is 4.84. The van der Waals surface area contributed by atoms with Crippen molar-refractivity contribution in [2.45, 2.75) is 48.2 Å². The summed E-state index contributed by atoms with van der Waals surface area (Å²) in [4.78, 5) is 40.6. The minimum absolute atomic E-state index is 0.0942. The van der Waals surface area contributed by atoms with E-state index in [2.05, 4.69) is 0 Å². The third-order valence-corrected chi connectivity index (χ3v) is 7.98. The fourth-order valence-corrected chi connectivity index (χ4v) is 6.05. The number of methoxy groups -OCH3 is 1. The second-order valence-corrected chi connectivity index (χ2v) is 10.6. The summed E-state index contributed by atoms with van der Waals surface area (Å²) in [6.07, 6.45) is -3.25. The lowest BCUT2D eigenvalue weighted by atomic mass is 9.96. The van der Waals surface area contributed by atoms with Crippen LogP contribution in [0.2, 0.25) is 0 Å². The molecule has 5 rings (SSSR count). The molecule has 3 aromatic rings. The largest absolute Gasteiger partial charge is 0.497 e. The maximum atomic E-state index is 13.5. The molecule has 2 aliphatic rings. The molecule has 0 unspecified atom stereocenters. The molecule has 0 bridgehead atoms. The van der Waals surface area contributed by atoms with Crippen molar-refractivity contribution in [3.63, 3.8) is 0 Å². The van der Waals surface area contributed by atoms with E-state index >= 15 is 0 Å². The Hall–Kier alpha value is -3.70. The van der Waals surface area contributed by atoms with Crippen molar-refractivity contribution >= 4 is 29.5 Å². The van der Waals surface area contributed by atoms with E-state index in [-0.39, 0.29) is 24.3 Å². The third-order valence-electron chi connectivity index (χ3n) is 6.81. The normalized spacial score (nSPS) is 24.1. The van der Waals surface area contributed by atoms with E-state index in [4.69, 9.17) is 18.9 Å². The molecule has 0 aliphatic carbocycles. The van der Waals surface area contributed by atoms with Crippen LogP contribution in [0.25, 0.3) is 0 Å². The number of carbonyl (C=O) groups excluding carboxylic acids is 3. The zero-order valence-corrected chi connectivity index (χ0v) is 22.8. The number of fused-ring (bicyclic) bond motifs is 1. The predicted molar refractivity (Wildman–Crippen MR) is 146 cm³/mol. The lowest BCUT2D eigenvalue weighted by Crippen LogP contribution is -2.65. The van der Waals surface area contributed by atoms with Crippen LogP contribution in [-0.4, -0.2) is 71.3 Å². The number of ether oxygens (including phenoxy) is 4. The van der Waals surface area contributed by atoms with Crippen LogP contribution in [-0.2, 0) is 25.6 Å². The maximum Gasteiger partial charge on any atom is 0.302 e. The van der Waals surface area contributed by atoms with Gasteiger partial charge < -0.3 is 24.1 Å². The van der Waals surface area contributed by atoms with E-state index in [1.807, 2.05) is 42.5 Å². The molecule has 0 spiro atoms. The molecule has 1 fully saturated rings. The topological polar surface area (TPSA) is 112 Å². The number of rotatable bonds is 9. The molecule has 5 atom stereocenters. The average Bonchev–Trinajstić information content (AvgIpc) is 3.21. The number of aliphatic hydroxyl groups is 1. The number of aliphatic hydroxyl groups excluding tert-OH is 1. The Labute approximate surface area is 236 Å². The van der Waals surface area contributed by atoms with Crippen LogP contribution in [0, 0.1) is 0 Å². The fraction of sp³-hybridized carbons (Fsp3) is 0.300. The summed E-state index contributed by atoms with van der Waals surface area (Å²) in [7, 11) is 1.57. The average molecular weight is 564 g/mol. The Kier molecular flexibility index (Phi) is 8.51. The maximum absolute atomic E-state index is 13.5. The van der Waals surface area contributed by atoms with Gasteiger partial charge in [-0.3, -0.25) is 19.3 Å². The van der Waals surface area contributed by atoms with Crippen LogP contribution >= 0.6 is 11.8 Å². The molecular weight excluding hydrogens is 534 g/mol. The summed E-state index contributed by atoms with van der Waals surface area (Å²) in [6.45, 7) is 1.20. The summed E-state index contributed by atoms with van der Waals surface area (Å²) in [5.41, 5.74) is 0.458. The Bertz CT molecular complexity index is 1330. The van der Waals surface area contributed by atoms with E-state index in [0.717, 1.165) is 15.4 Å². The van der Waals surface area contributed by atoms with Crippen LogP contribution in [0.15, 0.2) is 83.8 Å². The Balaban J connectivity index is 1.48. The number of benzene rings is 3. The molecule has 2 aliphatic heterocycles. The SMILES string of the molecule is COc1ccc(CO[C@H]2[C@H](O)[C@@H](N3C(=O)c4ccccc4C3=O)[C@H](Sc3ccccc3)O[C@@H]2COC(C)=O)cc1. The van der Waals surface area contributed by atoms with Gasteiger partial charge in [-0.15, -0.1) is 0 Å². The molecule has 0 aromatic heterocycles. The van der Waals surface area contributed by atoms with Crippen LogP contribution < -0.4 is 4.74 Å². The summed E-state index contributed by atoms with van der Waals surface area (Å²) in [6, 6.07) is 22.0. The Morgan fingerprint density at radius 3 is 2.17 bits per heavy atom. The highest BCUT2D eigenvalue weighted by Gasteiger charge is 2.54. The molecule has 0 saturated carbocycles. The quantitative estimate of drug-likeness (QED) is 0.308. The number of amides is 2. The molecule has 0 radical (unpaired) electrons. The van der Waals surface area contributed by atoms with Crippen LogP contribution in [0.4, 0.5) is 0 Å². The van der Waals surface area contributed by atoms with Crippen LogP contribution in [0.3, 0.4) is 0 Å². The van der Waals surface area contributed by atoms with Gasteiger partial charge in [0.25, 0.3) is 11.8 Å². The van der Waals surface area contributed by atoms with Crippen molar-refractivity contribution in [2.24, 2.45) is 0 Å². The second-order valence-electron chi connectivity index (χ2n) is 9.41. The van der Waals surface area contributed by atoms with E-state index < -0.39 is 47.6 Å². The van der Waals surface area contributed by atoms with Gasteiger partial charge in [0.1, 0.15) is 42.1 Å². The van der Waals surface area contributed by atoms with Crippen molar-refractivity contribution in [3.8, 4) is 5.75 Å². The summed E-state index contributed by atoms with van der Waals surface area (Å²) in [5, 5.41) is 11.8. The molecule has 2 amide bonds. The van der Waals surface area contributed by atoms with Gasteiger partial charge in [-0.05, 0) is 42.0 Å². The van der Waals surface area contributed by atoms with Gasteiger partial charge in [0, 0.05) is 11.8 Å². The number of esters is 1. The molecule has 10 heteroatoms. The summed E-state index contributed by atoms with van der Waals surface area (Å²) < 4.78 is 23.0. The molecule has 3 aromatic carbocycles. The van der Waals surface area contributed by atoms with Crippen LogP contribution in [0.5, 0.6) is 5.75 Å². The first kappa shape index (κ1) is 27.9. The lowest BCUT2D eigenvalue weighted by molar-refractivity contribution is -0.208. The van der Waals surface area contributed by atoms with Gasteiger partial charge in [-0.1, -0.05) is 54.2 Å². The highest BCUT2D eigenvalue weighted by Crippen LogP contribution is 2.40. The van der Waals surface area contributed by atoms with Crippen molar-refractivity contribution < 1.29 is 38.4 Å². The first-order valence-corrected chi connectivity index (χ1v) is 13.7. The van der Waals surface area contributed by atoms with E-state index in [1.54, 1.807) is 43.5 Å². The number of imide groups is 1. The van der Waals surface area contributed by atoms with Crippen molar-refractivity contribution in [3.05, 3.63) is 95.6 Å². The lowest BCUT2D eigenvalue weighted by Gasteiger charge is -2.46. The van der Waals surface area contributed by atoms with Gasteiger partial charge in [0.05, 0.1) is 24.8 Å². The van der Waals surface area contributed by atoms with E-state index in [0.29, 0.717) is 5.75 Å². The van der Waals surface area contributed by atoms with E-state index in [9.17, 15) is 19.5 Å². The standard InChI is InChI=1S/C30H29NO8S/c1-18(32)37-17-24-27(38-16-19-12-14-20(36-2)15-13-19)26(33)25(30(39-24)40-21-8-4-3-5-9-21)31-28(34)22-10-6-7-11-23(22)29(31)35/h3-15,24-27,30,33H,16-17H2,1-2H3/t24-,25-,26-,27-,30+/m1/s1. The highest BCUT2D eigenvalue weighted by molar-refractivity contribution is 7.99. The predicted octanol–water partition coefficient (Wildman–Crippen LogP) is 3.69. The van der Waals surface area contributed by atoms with Crippen molar-refractivity contribution in [1.82, 2.24) is 4.90 Å². The van der Waals surface area contributed by atoms with E-state index in [1.165, 1.54) is 18.7 Å². The number of carbonyl (C=O) groups is 3. The summed E-state index contributed by atoms with van der Waals surface area (Å²) in [5.74, 6) is -0.857. The Morgan fingerprint density at radius 2 is 1.57 bits per heavy atom. The molecule has 1 saturated heterocycles. The van der Waals surface area contributed by atoms with Crippen LogP contribution in [0.1, 0.15) is 33.2 Å². The molecule has 1 N–H and O–H groups in total. The zero-order valence-electron chi connectivity index (χ0n) is 22.0. The third kappa shape index (κ3) is 5.75. The molecule has 40 heavy (non-hydrogen) atoms. The highest BCUT2D eigenvalue weighted by atomic mass is 32.2. The summed E-state index contributed by atoms with van der Waals surface area (Å²) >= 11 is 1.27. The van der Waals surface area contributed by atoms with Gasteiger partial charge >= 0.3 is 5.97 Å². The zero-order chi connectivity index (χ0) is 28.2. The minimum Gasteiger partial charge on any atom is -0.497 e.